The Balaban J connectivity index is 1.74. The first-order valence-electron chi connectivity index (χ1n) is 10.4. The number of benzene rings is 3. The smallest absolute Gasteiger partial charge is 0.255 e. The topological polar surface area (TPSA) is 45.2 Å². The van der Waals surface area contributed by atoms with E-state index in [0.717, 1.165) is 40.9 Å². The zero-order chi connectivity index (χ0) is 21.8. The maximum Gasteiger partial charge on any atom is 0.255 e. The van der Waals surface area contributed by atoms with Crippen LogP contribution in [0.25, 0.3) is 22.2 Å². The summed E-state index contributed by atoms with van der Waals surface area (Å²) in [5.41, 5.74) is 5.12. The van der Waals surface area contributed by atoms with Crippen molar-refractivity contribution in [3.8, 4) is 11.3 Å². The predicted octanol–water partition coefficient (Wildman–Crippen LogP) is 6.65. The van der Waals surface area contributed by atoms with Crippen LogP contribution in [-0.2, 0) is 0 Å². The number of aromatic nitrogens is 1. The molecule has 0 saturated heterocycles. The van der Waals surface area contributed by atoms with E-state index in [4.69, 9.17) is 16.6 Å². The molecule has 0 aliphatic heterocycles. The lowest BCUT2D eigenvalue weighted by Gasteiger charge is -2.24. The summed E-state index contributed by atoms with van der Waals surface area (Å²) in [6, 6.07) is 25.1. The fourth-order valence-corrected chi connectivity index (χ4v) is 3.89. The molecule has 0 unspecified atom stereocenters. The van der Waals surface area contributed by atoms with Gasteiger partial charge in [0.15, 0.2) is 0 Å². The number of anilines is 2. The predicted molar refractivity (Wildman–Crippen MR) is 130 cm³/mol. The summed E-state index contributed by atoms with van der Waals surface area (Å²) in [5, 5.41) is 4.61. The second-order valence-electron chi connectivity index (χ2n) is 7.27. The van der Waals surface area contributed by atoms with E-state index in [-0.39, 0.29) is 5.91 Å². The van der Waals surface area contributed by atoms with Gasteiger partial charge < -0.3 is 10.2 Å². The Bertz CT molecular complexity index is 1230. The van der Waals surface area contributed by atoms with E-state index in [9.17, 15) is 4.79 Å². The van der Waals surface area contributed by atoms with Crippen molar-refractivity contribution >= 4 is 39.8 Å². The highest BCUT2D eigenvalue weighted by atomic mass is 35.5. The highest BCUT2D eigenvalue weighted by molar-refractivity contribution is 6.31. The molecule has 4 rings (SSSR count). The Morgan fingerprint density at radius 2 is 1.71 bits per heavy atom. The van der Waals surface area contributed by atoms with Crippen molar-refractivity contribution in [2.24, 2.45) is 0 Å². The van der Waals surface area contributed by atoms with E-state index in [1.807, 2.05) is 42.5 Å². The van der Waals surface area contributed by atoms with Crippen molar-refractivity contribution in [2.75, 3.05) is 23.3 Å². The Kier molecular flexibility index (Phi) is 6.19. The number of fused-ring (bicyclic) bond motifs is 1. The number of hydrogen-bond donors (Lipinski definition) is 1. The molecule has 5 heteroatoms. The average Bonchev–Trinajstić information content (AvgIpc) is 2.79. The van der Waals surface area contributed by atoms with Crippen molar-refractivity contribution in [2.45, 2.75) is 13.8 Å². The van der Waals surface area contributed by atoms with Gasteiger partial charge >= 0.3 is 0 Å². The Morgan fingerprint density at radius 1 is 0.935 bits per heavy atom. The Morgan fingerprint density at radius 3 is 2.48 bits per heavy atom. The molecule has 0 atom stereocenters. The van der Waals surface area contributed by atoms with E-state index in [2.05, 4.69) is 36.2 Å². The molecular weight excluding hydrogens is 406 g/mol. The van der Waals surface area contributed by atoms with Crippen LogP contribution in [0.2, 0.25) is 5.02 Å². The fraction of sp³-hybridized carbons (Fsp3) is 0.154. The fourth-order valence-electron chi connectivity index (χ4n) is 3.70. The molecule has 0 spiro atoms. The highest BCUT2D eigenvalue weighted by Crippen LogP contribution is 2.33. The lowest BCUT2D eigenvalue weighted by molar-refractivity contribution is 0.102. The summed E-state index contributed by atoms with van der Waals surface area (Å²) in [6.45, 7) is 6.05. The number of carbonyl (C=O) groups is 1. The number of amides is 1. The molecule has 0 fully saturated rings. The number of para-hydroxylation sites is 1. The lowest BCUT2D eigenvalue weighted by Crippen LogP contribution is -2.23. The first-order chi connectivity index (χ1) is 15.1. The Hall–Kier alpha value is -3.37. The Labute approximate surface area is 187 Å². The molecule has 1 heterocycles. The van der Waals surface area contributed by atoms with E-state index < -0.39 is 0 Å². The first-order valence-corrected chi connectivity index (χ1v) is 10.8. The van der Waals surface area contributed by atoms with Crippen LogP contribution < -0.4 is 10.2 Å². The van der Waals surface area contributed by atoms with Gasteiger partial charge in [-0.3, -0.25) is 4.79 Å². The van der Waals surface area contributed by atoms with Gasteiger partial charge in [0.05, 0.1) is 16.9 Å². The third-order valence-electron chi connectivity index (χ3n) is 5.29. The molecule has 4 nitrogen and oxygen atoms in total. The molecule has 0 bridgehead atoms. The second kappa shape index (κ2) is 9.19. The first kappa shape index (κ1) is 20.9. The van der Waals surface area contributed by atoms with Gasteiger partial charge in [-0.1, -0.05) is 48.0 Å². The van der Waals surface area contributed by atoms with Crippen LogP contribution in [0.4, 0.5) is 11.4 Å². The zero-order valence-corrected chi connectivity index (χ0v) is 18.4. The lowest BCUT2D eigenvalue weighted by atomic mass is 10.1. The molecule has 1 N–H and O–H groups in total. The SMILES string of the molecule is CCN(CC)c1cc2ccccc2nc1-c1cccc(NC(=O)c2cccc(Cl)c2)c1. The van der Waals surface area contributed by atoms with Crippen molar-refractivity contribution in [3.05, 3.63) is 89.4 Å². The molecule has 31 heavy (non-hydrogen) atoms. The standard InChI is InChI=1S/C26H24ClN3O/c1-3-30(4-2)24-17-18-9-5-6-14-23(18)29-25(24)19-10-8-13-22(16-19)28-26(31)20-11-7-12-21(27)15-20/h5-17H,3-4H2,1-2H3,(H,28,31). The molecule has 1 amide bonds. The minimum Gasteiger partial charge on any atom is -0.370 e. The molecule has 0 saturated carbocycles. The molecule has 4 aromatic rings. The van der Waals surface area contributed by atoms with Crippen LogP contribution in [0.5, 0.6) is 0 Å². The number of carbonyl (C=O) groups excluding carboxylic acids is 1. The summed E-state index contributed by atoms with van der Waals surface area (Å²) in [5.74, 6) is -0.199. The van der Waals surface area contributed by atoms with E-state index in [0.29, 0.717) is 16.3 Å². The average molecular weight is 430 g/mol. The largest absolute Gasteiger partial charge is 0.370 e. The van der Waals surface area contributed by atoms with Gasteiger partial charge in [-0.2, -0.15) is 0 Å². The van der Waals surface area contributed by atoms with Gasteiger partial charge in [0, 0.05) is 40.3 Å². The minimum absolute atomic E-state index is 0.199. The summed E-state index contributed by atoms with van der Waals surface area (Å²) >= 11 is 6.03. The van der Waals surface area contributed by atoms with Crippen LogP contribution >= 0.6 is 11.6 Å². The summed E-state index contributed by atoms with van der Waals surface area (Å²) in [4.78, 5) is 19.9. The van der Waals surface area contributed by atoms with Gasteiger partial charge in [0.25, 0.3) is 5.91 Å². The van der Waals surface area contributed by atoms with Crippen LogP contribution in [-0.4, -0.2) is 24.0 Å². The molecule has 0 radical (unpaired) electrons. The van der Waals surface area contributed by atoms with E-state index in [1.165, 1.54) is 0 Å². The highest BCUT2D eigenvalue weighted by Gasteiger charge is 2.15. The van der Waals surface area contributed by atoms with Crippen LogP contribution in [0.3, 0.4) is 0 Å². The number of rotatable bonds is 6. The minimum atomic E-state index is -0.199. The van der Waals surface area contributed by atoms with Crippen molar-refractivity contribution < 1.29 is 4.79 Å². The third-order valence-corrected chi connectivity index (χ3v) is 5.52. The van der Waals surface area contributed by atoms with Crippen molar-refractivity contribution in [1.82, 2.24) is 4.98 Å². The number of hydrogen-bond acceptors (Lipinski definition) is 3. The van der Waals surface area contributed by atoms with Gasteiger partial charge in [-0.25, -0.2) is 4.98 Å². The van der Waals surface area contributed by atoms with Gasteiger partial charge in [-0.15, -0.1) is 0 Å². The van der Waals surface area contributed by atoms with Crippen LogP contribution in [0.1, 0.15) is 24.2 Å². The van der Waals surface area contributed by atoms with Crippen molar-refractivity contribution in [3.63, 3.8) is 0 Å². The summed E-state index contributed by atoms with van der Waals surface area (Å²) < 4.78 is 0. The normalized spacial score (nSPS) is 10.8. The zero-order valence-electron chi connectivity index (χ0n) is 17.6. The molecule has 3 aromatic carbocycles. The van der Waals surface area contributed by atoms with Crippen molar-refractivity contribution in [1.29, 1.82) is 0 Å². The molecule has 1 aromatic heterocycles. The number of pyridine rings is 1. The van der Waals surface area contributed by atoms with Crippen LogP contribution in [0.15, 0.2) is 78.9 Å². The quantitative estimate of drug-likeness (QED) is 0.373. The monoisotopic (exact) mass is 429 g/mol. The van der Waals surface area contributed by atoms with E-state index >= 15 is 0 Å². The molecule has 0 aliphatic rings. The van der Waals surface area contributed by atoms with Crippen LogP contribution in [0, 0.1) is 0 Å². The van der Waals surface area contributed by atoms with Gasteiger partial charge in [-0.05, 0) is 56.3 Å². The number of nitrogens with one attached hydrogen (secondary N) is 1. The van der Waals surface area contributed by atoms with Gasteiger partial charge in [0.2, 0.25) is 0 Å². The van der Waals surface area contributed by atoms with E-state index in [1.54, 1.807) is 24.3 Å². The van der Waals surface area contributed by atoms with Gasteiger partial charge in [0.1, 0.15) is 0 Å². The maximum absolute atomic E-state index is 12.7. The number of nitrogens with zero attached hydrogens (tertiary/aromatic N) is 2. The number of halogens is 1. The summed E-state index contributed by atoms with van der Waals surface area (Å²) in [6.07, 6.45) is 0. The molecule has 156 valence electrons. The summed E-state index contributed by atoms with van der Waals surface area (Å²) in [7, 11) is 0. The maximum atomic E-state index is 12.7. The third kappa shape index (κ3) is 4.54. The molecule has 0 aliphatic carbocycles. The molecular formula is C26H24ClN3O. The second-order valence-corrected chi connectivity index (χ2v) is 7.70.